The number of aliphatic imine (C=N–C) groups is 1. The summed E-state index contributed by atoms with van der Waals surface area (Å²) >= 11 is 0. The minimum atomic E-state index is -0.782. The van der Waals surface area contributed by atoms with Crippen molar-refractivity contribution in [3.8, 4) is 22.6 Å². The van der Waals surface area contributed by atoms with Gasteiger partial charge in [-0.15, -0.1) is 0 Å². The molecule has 0 radical (unpaired) electrons. The second-order valence-corrected chi connectivity index (χ2v) is 9.23. The third-order valence-corrected chi connectivity index (χ3v) is 6.48. The quantitative estimate of drug-likeness (QED) is 0.634. The minimum absolute atomic E-state index is 0.180. The highest BCUT2D eigenvalue weighted by Crippen LogP contribution is 2.52. The van der Waals surface area contributed by atoms with Crippen molar-refractivity contribution in [3.05, 3.63) is 77.9 Å². The van der Waals surface area contributed by atoms with Gasteiger partial charge in [-0.05, 0) is 54.8 Å². The largest absolute Gasteiger partial charge is 0.462 e. The SMILES string of the molecule is CC1(C)CC(c2ccc3c(c2)C2(COC(N)=N2)c2cc(-c4cncnc4)ccc2O3)=CCO1. The molecule has 33 heavy (non-hydrogen) atoms. The summed E-state index contributed by atoms with van der Waals surface area (Å²) in [5, 5.41) is 0. The molecule has 166 valence electrons. The van der Waals surface area contributed by atoms with Crippen LogP contribution in [0.3, 0.4) is 0 Å². The van der Waals surface area contributed by atoms with Crippen molar-refractivity contribution in [2.24, 2.45) is 10.7 Å². The summed E-state index contributed by atoms with van der Waals surface area (Å²) in [6.45, 7) is 5.14. The highest BCUT2D eigenvalue weighted by Gasteiger charge is 2.47. The van der Waals surface area contributed by atoms with E-state index in [2.05, 4.69) is 48.1 Å². The van der Waals surface area contributed by atoms with Gasteiger partial charge in [-0.1, -0.05) is 18.2 Å². The zero-order valence-corrected chi connectivity index (χ0v) is 18.5. The maximum Gasteiger partial charge on any atom is 0.283 e. The van der Waals surface area contributed by atoms with Crippen molar-refractivity contribution in [1.82, 2.24) is 9.97 Å². The van der Waals surface area contributed by atoms with E-state index < -0.39 is 5.54 Å². The van der Waals surface area contributed by atoms with E-state index in [-0.39, 0.29) is 11.6 Å². The molecule has 1 atom stereocenters. The van der Waals surface area contributed by atoms with Gasteiger partial charge in [0.1, 0.15) is 24.4 Å². The molecular weight excluding hydrogens is 416 g/mol. The van der Waals surface area contributed by atoms with Gasteiger partial charge in [0, 0.05) is 35.5 Å². The zero-order chi connectivity index (χ0) is 22.6. The van der Waals surface area contributed by atoms with Crippen LogP contribution in [-0.2, 0) is 15.0 Å². The Morgan fingerprint density at radius 1 is 0.909 bits per heavy atom. The van der Waals surface area contributed by atoms with Crippen LogP contribution in [0.2, 0.25) is 0 Å². The Labute approximate surface area is 192 Å². The van der Waals surface area contributed by atoms with E-state index in [0.29, 0.717) is 13.2 Å². The molecule has 0 fully saturated rings. The fraction of sp³-hybridized carbons (Fsp3) is 0.269. The van der Waals surface area contributed by atoms with Gasteiger partial charge in [0.15, 0.2) is 5.54 Å². The summed E-state index contributed by atoms with van der Waals surface area (Å²) < 4.78 is 17.9. The molecule has 1 spiro atoms. The van der Waals surface area contributed by atoms with E-state index in [4.69, 9.17) is 24.9 Å². The molecule has 2 aromatic carbocycles. The molecule has 3 aromatic rings. The predicted octanol–water partition coefficient (Wildman–Crippen LogP) is 4.42. The first-order chi connectivity index (χ1) is 15.9. The Morgan fingerprint density at radius 2 is 1.61 bits per heavy atom. The minimum Gasteiger partial charge on any atom is -0.462 e. The van der Waals surface area contributed by atoms with Crippen LogP contribution in [0, 0.1) is 0 Å². The van der Waals surface area contributed by atoms with Crippen molar-refractivity contribution < 1.29 is 14.2 Å². The van der Waals surface area contributed by atoms with Gasteiger partial charge in [0.25, 0.3) is 6.02 Å². The van der Waals surface area contributed by atoms with E-state index in [0.717, 1.165) is 45.7 Å². The Morgan fingerprint density at radius 3 is 2.27 bits per heavy atom. The molecule has 1 aromatic heterocycles. The molecule has 3 aliphatic rings. The summed E-state index contributed by atoms with van der Waals surface area (Å²) in [6, 6.07) is 12.5. The first kappa shape index (κ1) is 19.9. The van der Waals surface area contributed by atoms with Crippen molar-refractivity contribution in [3.63, 3.8) is 0 Å². The topological polar surface area (TPSA) is 91.9 Å². The number of aromatic nitrogens is 2. The van der Waals surface area contributed by atoms with Crippen LogP contribution in [0.25, 0.3) is 16.7 Å². The number of nitrogens with two attached hydrogens (primary N) is 1. The Bertz CT molecular complexity index is 1320. The number of hydrogen-bond donors (Lipinski definition) is 1. The molecule has 3 aliphatic heterocycles. The lowest BCUT2D eigenvalue weighted by molar-refractivity contribution is -0.00298. The van der Waals surface area contributed by atoms with Gasteiger partial charge in [0.2, 0.25) is 0 Å². The number of hydrogen-bond acceptors (Lipinski definition) is 7. The average molecular weight is 441 g/mol. The summed E-state index contributed by atoms with van der Waals surface area (Å²) in [4.78, 5) is 13.1. The lowest BCUT2D eigenvalue weighted by Gasteiger charge is -2.35. The van der Waals surface area contributed by atoms with Gasteiger partial charge in [0.05, 0.1) is 12.2 Å². The highest BCUT2D eigenvalue weighted by molar-refractivity contribution is 5.79. The Balaban J connectivity index is 1.51. The number of rotatable bonds is 2. The number of nitrogens with zero attached hydrogens (tertiary/aromatic N) is 3. The van der Waals surface area contributed by atoms with Crippen LogP contribution < -0.4 is 10.5 Å². The normalized spacial score (nSPS) is 22.5. The molecule has 2 N–H and O–H groups in total. The van der Waals surface area contributed by atoms with Crippen molar-refractivity contribution in [2.75, 3.05) is 13.2 Å². The zero-order valence-electron chi connectivity index (χ0n) is 18.5. The van der Waals surface area contributed by atoms with Gasteiger partial charge in [-0.25, -0.2) is 15.0 Å². The lowest BCUT2D eigenvalue weighted by atomic mass is 9.79. The maximum atomic E-state index is 6.33. The Kier molecular flexibility index (Phi) is 4.32. The average Bonchev–Trinajstić information content (AvgIpc) is 3.21. The molecular formula is C26H24N4O3. The smallest absolute Gasteiger partial charge is 0.283 e. The van der Waals surface area contributed by atoms with E-state index in [1.54, 1.807) is 12.4 Å². The lowest BCUT2D eigenvalue weighted by Crippen LogP contribution is -2.31. The summed E-state index contributed by atoms with van der Waals surface area (Å²) in [5.41, 5.74) is 11.2. The third kappa shape index (κ3) is 3.27. The molecule has 0 saturated heterocycles. The van der Waals surface area contributed by atoms with Crippen LogP contribution in [0.5, 0.6) is 11.5 Å². The fourth-order valence-corrected chi connectivity index (χ4v) is 4.85. The second-order valence-electron chi connectivity index (χ2n) is 9.23. The molecule has 7 heteroatoms. The summed E-state index contributed by atoms with van der Waals surface area (Å²) in [5.74, 6) is 1.50. The van der Waals surface area contributed by atoms with E-state index >= 15 is 0 Å². The van der Waals surface area contributed by atoms with Crippen molar-refractivity contribution >= 4 is 11.6 Å². The maximum absolute atomic E-state index is 6.33. The predicted molar refractivity (Wildman–Crippen MR) is 125 cm³/mol. The van der Waals surface area contributed by atoms with Gasteiger partial charge in [-0.3, -0.25) is 0 Å². The third-order valence-electron chi connectivity index (χ3n) is 6.48. The molecule has 1 unspecified atom stereocenters. The number of benzene rings is 2. The molecule has 4 heterocycles. The van der Waals surface area contributed by atoms with Crippen LogP contribution >= 0.6 is 0 Å². The van der Waals surface area contributed by atoms with E-state index in [1.807, 2.05) is 18.2 Å². The van der Waals surface area contributed by atoms with Gasteiger partial charge in [-0.2, -0.15) is 0 Å². The number of fused-ring (bicyclic) bond motifs is 4. The summed E-state index contributed by atoms with van der Waals surface area (Å²) in [7, 11) is 0. The van der Waals surface area contributed by atoms with Crippen LogP contribution in [0.15, 0.2) is 66.2 Å². The Hall–Kier alpha value is -3.71. The summed E-state index contributed by atoms with van der Waals surface area (Å²) in [6.07, 6.45) is 8.08. The van der Waals surface area contributed by atoms with Crippen molar-refractivity contribution in [1.29, 1.82) is 0 Å². The highest BCUT2D eigenvalue weighted by atomic mass is 16.5. The molecule has 0 bridgehead atoms. The second kappa shape index (κ2) is 7.15. The molecule has 0 aliphatic carbocycles. The van der Waals surface area contributed by atoms with E-state index in [9.17, 15) is 0 Å². The first-order valence-corrected chi connectivity index (χ1v) is 11.0. The van der Waals surface area contributed by atoms with Crippen molar-refractivity contribution in [2.45, 2.75) is 31.4 Å². The van der Waals surface area contributed by atoms with E-state index in [1.165, 1.54) is 11.9 Å². The van der Waals surface area contributed by atoms with Crippen LogP contribution in [-0.4, -0.2) is 34.8 Å². The first-order valence-electron chi connectivity index (χ1n) is 11.0. The monoisotopic (exact) mass is 440 g/mol. The molecule has 0 amide bonds. The molecule has 0 saturated carbocycles. The van der Waals surface area contributed by atoms with Gasteiger partial charge < -0.3 is 19.9 Å². The van der Waals surface area contributed by atoms with Gasteiger partial charge >= 0.3 is 0 Å². The number of ether oxygens (including phenoxy) is 3. The van der Waals surface area contributed by atoms with Crippen LogP contribution in [0.1, 0.15) is 37.0 Å². The fourth-order valence-electron chi connectivity index (χ4n) is 4.85. The van der Waals surface area contributed by atoms with Crippen LogP contribution in [0.4, 0.5) is 0 Å². The molecule has 6 rings (SSSR count). The number of amidine groups is 1. The molecule has 7 nitrogen and oxygen atoms in total. The standard InChI is InChI=1S/C26H24N4O3/c1-25(2)11-18(7-8-32-25)16-3-5-22-20(9-16)26(14-31-24(27)30-26)21-10-17(4-6-23(21)33-22)19-12-28-15-29-13-19/h3-7,9-10,12-13,15H,8,11,14H2,1-2H3,(H2,27,30).